The standard InChI is InChI=1S/C17H15F4NO/c1-22(16(23)10-12-5-4-7-14(18)9-12)11-13-6-2-3-8-15(13)17(19,20)21/h2-9H,10-11H2,1H3. The Morgan fingerprint density at radius 3 is 2.43 bits per heavy atom. The Bertz CT molecular complexity index is 697. The van der Waals surface area contributed by atoms with Crippen LogP contribution in [0.1, 0.15) is 16.7 Å². The first kappa shape index (κ1) is 17.0. The Labute approximate surface area is 131 Å². The van der Waals surface area contributed by atoms with Gasteiger partial charge in [-0.1, -0.05) is 30.3 Å². The monoisotopic (exact) mass is 325 g/mol. The van der Waals surface area contributed by atoms with Crippen molar-refractivity contribution in [3.8, 4) is 0 Å². The summed E-state index contributed by atoms with van der Waals surface area (Å²) in [6.07, 6.45) is -4.54. The van der Waals surface area contributed by atoms with Gasteiger partial charge >= 0.3 is 6.18 Å². The van der Waals surface area contributed by atoms with Crippen LogP contribution in [0.3, 0.4) is 0 Å². The van der Waals surface area contributed by atoms with Gasteiger partial charge in [0.25, 0.3) is 0 Å². The average molecular weight is 325 g/mol. The number of carbonyl (C=O) groups excluding carboxylic acids is 1. The highest BCUT2D eigenvalue weighted by Crippen LogP contribution is 2.32. The van der Waals surface area contributed by atoms with Crippen molar-refractivity contribution in [1.82, 2.24) is 4.90 Å². The lowest BCUT2D eigenvalue weighted by Crippen LogP contribution is -2.28. The Kier molecular flexibility index (Phi) is 5.03. The van der Waals surface area contributed by atoms with E-state index in [4.69, 9.17) is 0 Å². The van der Waals surface area contributed by atoms with Crippen molar-refractivity contribution in [2.24, 2.45) is 0 Å². The normalized spacial score (nSPS) is 11.3. The Morgan fingerprint density at radius 1 is 1.09 bits per heavy atom. The minimum absolute atomic E-state index is 0.0232. The van der Waals surface area contributed by atoms with Crippen LogP contribution in [-0.4, -0.2) is 17.9 Å². The van der Waals surface area contributed by atoms with Gasteiger partial charge in [-0.15, -0.1) is 0 Å². The smallest absolute Gasteiger partial charge is 0.341 e. The van der Waals surface area contributed by atoms with Crippen molar-refractivity contribution >= 4 is 5.91 Å². The fourth-order valence-electron chi connectivity index (χ4n) is 2.23. The lowest BCUT2D eigenvalue weighted by molar-refractivity contribution is -0.139. The van der Waals surface area contributed by atoms with E-state index in [0.29, 0.717) is 5.56 Å². The van der Waals surface area contributed by atoms with Crippen LogP contribution in [-0.2, 0) is 23.9 Å². The topological polar surface area (TPSA) is 20.3 Å². The SMILES string of the molecule is CN(Cc1ccccc1C(F)(F)F)C(=O)Cc1cccc(F)c1. The van der Waals surface area contributed by atoms with Crippen molar-refractivity contribution in [3.63, 3.8) is 0 Å². The summed E-state index contributed by atoms with van der Waals surface area (Å²) in [4.78, 5) is 13.3. The minimum Gasteiger partial charge on any atom is -0.341 e. The van der Waals surface area contributed by atoms with Gasteiger partial charge in [-0.3, -0.25) is 4.79 Å². The minimum atomic E-state index is -4.47. The van der Waals surface area contributed by atoms with E-state index in [-0.39, 0.29) is 24.4 Å². The summed E-state index contributed by atoms with van der Waals surface area (Å²) >= 11 is 0. The zero-order valence-corrected chi connectivity index (χ0v) is 12.4. The van der Waals surface area contributed by atoms with Gasteiger partial charge in [0.1, 0.15) is 5.82 Å². The van der Waals surface area contributed by atoms with Gasteiger partial charge in [0.05, 0.1) is 12.0 Å². The third kappa shape index (κ3) is 4.55. The molecule has 2 nitrogen and oxygen atoms in total. The summed E-state index contributed by atoms with van der Waals surface area (Å²) in [5.41, 5.74) is -0.258. The molecule has 0 aromatic heterocycles. The molecule has 0 aliphatic rings. The van der Waals surface area contributed by atoms with Gasteiger partial charge < -0.3 is 4.90 Å². The second-order valence-electron chi connectivity index (χ2n) is 5.21. The van der Waals surface area contributed by atoms with E-state index >= 15 is 0 Å². The molecule has 2 aromatic carbocycles. The quantitative estimate of drug-likeness (QED) is 0.777. The molecule has 0 heterocycles. The van der Waals surface area contributed by atoms with E-state index in [1.807, 2.05) is 0 Å². The number of halogens is 4. The van der Waals surface area contributed by atoms with Gasteiger partial charge in [-0.2, -0.15) is 13.2 Å². The Balaban J connectivity index is 2.10. The predicted molar refractivity (Wildman–Crippen MR) is 78.0 cm³/mol. The van der Waals surface area contributed by atoms with E-state index < -0.39 is 17.6 Å². The second kappa shape index (κ2) is 6.81. The molecule has 1 amide bonds. The summed E-state index contributed by atoms with van der Waals surface area (Å²) in [5, 5.41) is 0. The van der Waals surface area contributed by atoms with Crippen molar-refractivity contribution in [2.75, 3.05) is 7.05 Å². The lowest BCUT2D eigenvalue weighted by atomic mass is 10.1. The van der Waals surface area contributed by atoms with Gasteiger partial charge in [-0.25, -0.2) is 4.39 Å². The summed E-state index contributed by atoms with van der Waals surface area (Å²) < 4.78 is 51.9. The third-order valence-electron chi connectivity index (χ3n) is 3.40. The zero-order valence-electron chi connectivity index (χ0n) is 12.4. The van der Waals surface area contributed by atoms with E-state index in [1.54, 1.807) is 6.07 Å². The van der Waals surface area contributed by atoms with Gasteiger partial charge in [-0.05, 0) is 29.3 Å². The fourth-order valence-corrected chi connectivity index (χ4v) is 2.23. The molecule has 23 heavy (non-hydrogen) atoms. The van der Waals surface area contributed by atoms with E-state index in [1.165, 1.54) is 48.3 Å². The van der Waals surface area contributed by atoms with Crippen LogP contribution in [0.25, 0.3) is 0 Å². The molecule has 0 unspecified atom stereocenters. The zero-order chi connectivity index (χ0) is 17.0. The van der Waals surface area contributed by atoms with Crippen LogP contribution in [0.4, 0.5) is 17.6 Å². The molecule has 0 aliphatic heterocycles. The summed E-state index contributed by atoms with van der Waals surface area (Å²) in [6.45, 7) is -0.163. The molecular formula is C17H15F4NO. The lowest BCUT2D eigenvalue weighted by Gasteiger charge is -2.20. The highest BCUT2D eigenvalue weighted by atomic mass is 19.4. The fraction of sp³-hybridized carbons (Fsp3) is 0.235. The largest absolute Gasteiger partial charge is 0.416 e. The number of rotatable bonds is 4. The highest BCUT2D eigenvalue weighted by molar-refractivity contribution is 5.78. The van der Waals surface area contributed by atoms with Crippen LogP contribution >= 0.6 is 0 Å². The molecule has 0 saturated heterocycles. The maximum Gasteiger partial charge on any atom is 0.416 e. The number of nitrogens with zero attached hydrogens (tertiary/aromatic N) is 1. The molecule has 2 aromatic rings. The van der Waals surface area contributed by atoms with Crippen LogP contribution in [0.5, 0.6) is 0 Å². The number of hydrogen-bond acceptors (Lipinski definition) is 1. The molecule has 122 valence electrons. The molecule has 0 atom stereocenters. The van der Waals surface area contributed by atoms with E-state index in [2.05, 4.69) is 0 Å². The molecule has 2 rings (SSSR count). The number of amides is 1. The third-order valence-corrected chi connectivity index (χ3v) is 3.40. The van der Waals surface area contributed by atoms with E-state index in [0.717, 1.165) is 6.07 Å². The molecule has 0 bridgehead atoms. The number of hydrogen-bond donors (Lipinski definition) is 0. The molecule has 0 N–H and O–H groups in total. The maximum atomic E-state index is 13.1. The van der Waals surface area contributed by atoms with Gasteiger partial charge in [0.2, 0.25) is 5.91 Å². The maximum absolute atomic E-state index is 13.1. The molecule has 6 heteroatoms. The van der Waals surface area contributed by atoms with Crippen LogP contribution in [0.2, 0.25) is 0 Å². The number of benzene rings is 2. The predicted octanol–water partition coefficient (Wildman–Crippen LogP) is 4.05. The number of alkyl halides is 3. The van der Waals surface area contributed by atoms with Crippen LogP contribution in [0, 0.1) is 5.82 Å². The number of likely N-dealkylation sites (N-methyl/N-ethyl adjacent to an activating group) is 1. The molecule has 0 spiro atoms. The second-order valence-corrected chi connectivity index (χ2v) is 5.21. The van der Waals surface area contributed by atoms with Gasteiger partial charge in [0, 0.05) is 13.6 Å². The van der Waals surface area contributed by atoms with Crippen molar-refractivity contribution in [3.05, 3.63) is 71.0 Å². The first-order valence-electron chi connectivity index (χ1n) is 6.91. The molecule has 0 aliphatic carbocycles. The van der Waals surface area contributed by atoms with Crippen molar-refractivity contribution in [2.45, 2.75) is 19.1 Å². The van der Waals surface area contributed by atoms with Crippen LogP contribution < -0.4 is 0 Å². The Hall–Kier alpha value is -2.37. The highest BCUT2D eigenvalue weighted by Gasteiger charge is 2.33. The molecular weight excluding hydrogens is 310 g/mol. The number of carbonyl (C=O) groups is 1. The van der Waals surface area contributed by atoms with Gasteiger partial charge in [0.15, 0.2) is 0 Å². The summed E-state index contributed by atoms with van der Waals surface area (Å²) in [7, 11) is 1.43. The van der Waals surface area contributed by atoms with E-state index in [9.17, 15) is 22.4 Å². The summed E-state index contributed by atoms with van der Waals surface area (Å²) in [5.74, 6) is -0.840. The van der Waals surface area contributed by atoms with Crippen molar-refractivity contribution in [1.29, 1.82) is 0 Å². The summed E-state index contributed by atoms with van der Waals surface area (Å²) in [6, 6.07) is 10.7. The van der Waals surface area contributed by atoms with Crippen LogP contribution in [0.15, 0.2) is 48.5 Å². The van der Waals surface area contributed by atoms with Crippen molar-refractivity contribution < 1.29 is 22.4 Å². The molecule has 0 radical (unpaired) electrons. The first-order chi connectivity index (χ1) is 10.8. The Morgan fingerprint density at radius 2 is 1.78 bits per heavy atom. The molecule has 0 fully saturated rings. The average Bonchev–Trinajstić information content (AvgIpc) is 2.46. The molecule has 0 saturated carbocycles. The first-order valence-corrected chi connectivity index (χ1v) is 6.91.